The van der Waals surface area contributed by atoms with Crippen molar-refractivity contribution in [1.82, 2.24) is 0 Å². The van der Waals surface area contributed by atoms with Crippen LogP contribution in [0.4, 0.5) is 0 Å². The molecule has 0 atom stereocenters. The fourth-order valence-electron chi connectivity index (χ4n) is 1.23. The second-order valence-electron chi connectivity index (χ2n) is 3.66. The van der Waals surface area contributed by atoms with Gasteiger partial charge < -0.3 is 18.9 Å². The molecule has 0 aliphatic carbocycles. The summed E-state index contributed by atoms with van der Waals surface area (Å²) in [6.07, 6.45) is 0. The molecule has 0 aromatic rings. The zero-order valence-electron chi connectivity index (χ0n) is 13.1. The Labute approximate surface area is 143 Å². The van der Waals surface area contributed by atoms with Crippen LogP contribution in [0.1, 0.15) is 13.8 Å². The van der Waals surface area contributed by atoms with Crippen molar-refractivity contribution >= 4 is 48.3 Å². The first-order valence-corrected chi connectivity index (χ1v) is 7.76. The average molecular weight is 366 g/mol. The molecule has 0 bridgehead atoms. The molecule has 0 fully saturated rings. The lowest BCUT2D eigenvalue weighted by atomic mass is 10.4. The Morgan fingerprint density at radius 2 is 1.35 bits per heavy atom. The maximum atomic E-state index is 11.9. The Balaban J connectivity index is 5.68. The summed E-state index contributed by atoms with van der Waals surface area (Å²) >= 11 is 4.34. The number of hydrogen-bond donors (Lipinski definition) is 1. The molecule has 0 amide bonds. The van der Waals surface area contributed by atoms with E-state index < -0.39 is 34.0 Å². The van der Waals surface area contributed by atoms with E-state index in [0.29, 0.717) is 11.8 Å². The van der Waals surface area contributed by atoms with Gasteiger partial charge in [-0.05, 0) is 13.8 Å². The number of thiol groups is 1. The molecule has 0 aromatic heterocycles. The van der Waals surface area contributed by atoms with Gasteiger partial charge in [0.15, 0.2) is 0 Å². The fourth-order valence-corrected chi connectivity index (χ4v) is 2.51. The first-order chi connectivity index (χ1) is 10.8. The lowest BCUT2D eigenvalue weighted by molar-refractivity contribution is -0.153. The molecule has 0 spiro atoms. The highest BCUT2D eigenvalue weighted by atomic mass is 32.2. The normalized spacial score (nSPS) is 11.4. The predicted octanol–water partition coefficient (Wildman–Crippen LogP) is 0.702. The average Bonchev–Trinajstić information content (AvgIpc) is 2.53. The summed E-state index contributed by atoms with van der Waals surface area (Å²) in [6.45, 7) is 3.16. The minimum atomic E-state index is -1.50. The van der Waals surface area contributed by atoms with E-state index >= 15 is 0 Å². The van der Waals surface area contributed by atoms with Crippen LogP contribution in [-0.4, -0.2) is 56.6 Å². The Hall–Kier alpha value is -1.68. The van der Waals surface area contributed by atoms with Gasteiger partial charge in [0.1, 0.15) is 9.81 Å². The van der Waals surface area contributed by atoms with Gasteiger partial charge in [0.25, 0.3) is 0 Å². The highest BCUT2D eigenvalue weighted by molar-refractivity contribution is 8.06. The van der Waals surface area contributed by atoms with Crippen molar-refractivity contribution in [1.29, 1.82) is 0 Å². The lowest BCUT2D eigenvalue weighted by Gasteiger charge is -2.15. The number of rotatable bonds is 8. The van der Waals surface area contributed by atoms with Crippen molar-refractivity contribution in [3.05, 3.63) is 9.81 Å². The number of ether oxygens (including phenoxy) is 4. The van der Waals surface area contributed by atoms with E-state index in [0.717, 1.165) is 14.2 Å². The van der Waals surface area contributed by atoms with Gasteiger partial charge in [-0.3, -0.25) is 9.59 Å². The van der Waals surface area contributed by atoms with E-state index in [1.807, 2.05) is 0 Å². The Kier molecular flexibility index (Phi) is 10.1. The second-order valence-corrected chi connectivity index (χ2v) is 5.23. The zero-order valence-corrected chi connectivity index (χ0v) is 14.8. The molecule has 0 unspecified atom stereocenters. The number of hydrogen-bond acceptors (Lipinski definition) is 10. The van der Waals surface area contributed by atoms with Crippen molar-refractivity contribution in [2.45, 2.75) is 19.1 Å². The van der Waals surface area contributed by atoms with E-state index in [1.54, 1.807) is 13.8 Å². The molecule has 0 heterocycles. The van der Waals surface area contributed by atoms with E-state index in [4.69, 9.17) is 9.47 Å². The third-order valence-electron chi connectivity index (χ3n) is 2.20. The number of thioether (sulfide) groups is 1. The molecule has 0 aromatic carbocycles. The molecular formula is C13H18O8S2. The molecule has 8 nitrogen and oxygen atoms in total. The minimum absolute atomic E-state index is 0.0251. The van der Waals surface area contributed by atoms with Crippen molar-refractivity contribution in [2.75, 3.05) is 27.4 Å². The van der Waals surface area contributed by atoms with Crippen LogP contribution >= 0.6 is 24.4 Å². The molecule has 10 heteroatoms. The second kappa shape index (κ2) is 10.9. The van der Waals surface area contributed by atoms with Gasteiger partial charge in [-0.25, -0.2) is 9.59 Å². The van der Waals surface area contributed by atoms with Gasteiger partial charge in [0.2, 0.25) is 5.25 Å². The zero-order chi connectivity index (χ0) is 18.0. The number of carbonyl (C=O) groups is 4. The van der Waals surface area contributed by atoms with Crippen molar-refractivity contribution in [3.8, 4) is 0 Å². The monoisotopic (exact) mass is 366 g/mol. The summed E-state index contributed by atoms with van der Waals surface area (Å²) in [5, 5.41) is -1.50. The maximum absolute atomic E-state index is 11.9. The summed E-state index contributed by atoms with van der Waals surface area (Å²) in [6, 6.07) is 0. The van der Waals surface area contributed by atoms with Gasteiger partial charge in [-0.1, -0.05) is 11.8 Å². The first-order valence-electron chi connectivity index (χ1n) is 6.43. The minimum Gasteiger partial charge on any atom is -0.465 e. The summed E-state index contributed by atoms with van der Waals surface area (Å²) in [7, 11) is 2.16. The summed E-state index contributed by atoms with van der Waals surface area (Å²) in [4.78, 5) is 46.4. The van der Waals surface area contributed by atoms with Gasteiger partial charge in [-0.15, -0.1) is 12.6 Å². The summed E-state index contributed by atoms with van der Waals surface area (Å²) in [5.74, 6) is -3.71. The first kappa shape index (κ1) is 21.3. The summed E-state index contributed by atoms with van der Waals surface area (Å²) < 4.78 is 18.5. The van der Waals surface area contributed by atoms with E-state index in [1.165, 1.54) is 0 Å². The van der Waals surface area contributed by atoms with Crippen LogP contribution in [-0.2, 0) is 38.1 Å². The molecule has 0 saturated heterocycles. The Morgan fingerprint density at radius 3 is 1.70 bits per heavy atom. The van der Waals surface area contributed by atoms with E-state index in [9.17, 15) is 19.2 Å². The molecule has 0 aliphatic rings. The van der Waals surface area contributed by atoms with Gasteiger partial charge in [-0.2, -0.15) is 0 Å². The van der Waals surface area contributed by atoms with Gasteiger partial charge in [0, 0.05) is 0 Å². The Bertz CT molecular complexity index is 482. The molecule has 130 valence electrons. The van der Waals surface area contributed by atoms with Crippen LogP contribution in [0, 0.1) is 0 Å². The van der Waals surface area contributed by atoms with Crippen LogP contribution in [0.3, 0.4) is 0 Å². The van der Waals surface area contributed by atoms with E-state index in [-0.39, 0.29) is 18.1 Å². The van der Waals surface area contributed by atoms with E-state index in [2.05, 4.69) is 22.1 Å². The van der Waals surface area contributed by atoms with Gasteiger partial charge in [0.05, 0.1) is 27.4 Å². The smallest absolute Gasteiger partial charge is 0.345 e. The van der Waals surface area contributed by atoms with Crippen molar-refractivity contribution < 1.29 is 38.1 Å². The van der Waals surface area contributed by atoms with Crippen molar-refractivity contribution in [3.63, 3.8) is 0 Å². The van der Waals surface area contributed by atoms with Crippen LogP contribution < -0.4 is 0 Å². The molecule has 0 saturated carbocycles. The molecule has 0 aliphatic heterocycles. The molecule has 0 N–H and O–H groups in total. The van der Waals surface area contributed by atoms with Gasteiger partial charge >= 0.3 is 23.9 Å². The van der Waals surface area contributed by atoms with Crippen LogP contribution in [0.15, 0.2) is 9.81 Å². The predicted molar refractivity (Wildman–Crippen MR) is 84.7 cm³/mol. The quantitative estimate of drug-likeness (QED) is 0.218. The fraction of sp³-hybridized carbons (Fsp3) is 0.538. The SMILES string of the molecule is CCOC(=O)C(S/C(C(=O)OC)=C(\S)C(=O)OC)C(=O)OCC. The highest BCUT2D eigenvalue weighted by Crippen LogP contribution is 2.30. The third-order valence-corrected chi connectivity index (χ3v) is 3.99. The van der Waals surface area contributed by atoms with Crippen LogP contribution in [0.25, 0.3) is 0 Å². The third kappa shape index (κ3) is 6.53. The van der Waals surface area contributed by atoms with Crippen LogP contribution in [0.5, 0.6) is 0 Å². The molecule has 23 heavy (non-hydrogen) atoms. The number of carbonyl (C=O) groups excluding carboxylic acids is 4. The topological polar surface area (TPSA) is 105 Å². The van der Waals surface area contributed by atoms with Crippen molar-refractivity contribution in [2.24, 2.45) is 0 Å². The number of methoxy groups -OCH3 is 2. The standard InChI is InChI=1S/C13H18O8S2/c1-5-20-12(16)9(13(17)21-6-2)23-8(11(15)19-4)7(22)10(14)18-3/h9,22H,5-6H2,1-4H3/b8-7-. The Morgan fingerprint density at radius 1 is 0.913 bits per heavy atom. The lowest BCUT2D eigenvalue weighted by Crippen LogP contribution is -2.32. The maximum Gasteiger partial charge on any atom is 0.345 e. The van der Waals surface area contributed by atoms with Crippen LogP contribution in [0.2, 0.25) is 0 Å². The highest BCUT2D eigenvalue weighted by Gasteiger charge is 2.35. The molecule has 0 radical (unpaired) electrons. The largest absolute Gasteiger partial charge is 0.465 e. The number of esters is 4. The molecule has 0 rings (SSSR count). The summed E-state index contributed by atoms with van der Waals surface area (Å²) in [5.41, 5.74) is 0. The molecular weight excluding hydrogens is 348 g/mol.